The van der Waals surface area contributed by atoms with Crippen LogP contribution in [0.2, 0.25) is 10.0 Å². The van der Waals surface area contributed by atoms with Crippen LogP contribution in [-0.4, -0.2) is 9.97 Å². The van der Waals surface area contributed by atoms with E-state index in [0.717, 1.165) is 11.4 Å². The van der Waals surface area contributed by atoms with Crippen LogP contribution in [0, 0.1) is 5.82 Å². The molecule has 0 radical (unpaired) electrons. The van der Waals surface area contributed by atoms with E-state index in [1.165, 1.54) is 12.1 Å². The van der Waals surface area contributed by atoms with Gasteiger partial charge in [-0.2, -0.15) is 0 Å². The maximum absolute atomic E-state index is 13.4. The van der Waals surface area contributed by atoms with Crippen molar-refractivity contribution >= 4 is 23.2 Å². The molecular weight excluding hydrogens is 298 g/mol. The number of hydrogen-bond acceptors (Lipinski definition) is 0. The molecule has 0 saturated carbocycles. The van der Waals surface area contributed by atoms with Crippen LogP contribution < -0.4 is 0 Å². The van der Waals surface area contributed by atoms with Crippen LogP contribution in [0.4, 0.5) is 4.39 Å². The highest BCUT2D eigenvalue weighted by Gasteiger charge is 2.24. The zero-order chi connectivity index (χ0) is 14.1. The summed E-state index contributed by atoms with van der Waals surface area (Å²) in [5, 5.41) is 0.619. The number of benzene rings is 1. The fourth-order valence-electron chi connectivity index (χ4n) is 2.36. The molecule has 2 heterocycles. The van der Waals surface area contributed by atoms with Crippen LogP contribution in [0.1, 0.15) is 22.9 Å². The van der Waals surface area contributed by atoms with Gasteiger partial charge in [0.15, 0.2) is 0 Å². The summed E-state index contributed by atoms with van der Waals surface area (Å²) in [5.41, 5.74) is 2.55. The van der Waals surface area contributed by atoms with Gasteiger partial charge in [0, 0.05) is 39.4 Å². The Morgan fingerprint density at radius 1 is 0.900 bits per heavy atom. The number of aromatic nitrogens is 2. The summed E-state index contributed by atoms with van der Waals surface area (Å²) < 4.78 is 13.4. The van der Waals surface area contributed by atoms with Crippen LogP contribution in [0.15, 0.2) is 48.8 Å². The average Bonchev–Trinajstić information content (AvgIpc) is 3.07. The molecule has 2 N–H and O–H groups in total. The minimum absolute atomic E-state index is 0.194. The van der Waals surface area contributed by atoms with E-state index in [1.807, 2.05) is 36.7 Å². The Morgan fingerprint density at radius 2 is 1.40 bits per heavy atom. The Hall–Kier alpha value is -1.71. The van der Waals surface area contributed by atoms with E-state index < -0.39 is 5.82 Å². The van der Waals surface area contributed by atoms with Crippen LogP contribution >= 0.6 is 23.2 Å². The van der Waals surface area contributed by atoms with Crippen molar-refractivity contribution in [2.24, 2.45) is 0 Å². The Bertz CT molecular complexity index is 648. The minimum atomic E-state index is -0.444. The molecule has 0 bridgehead atoms. The zero-order valence-electron chi connectivity index (χ0n) is 10.3. The Kier molecular flexibility index (Phi) is 3.55. The quantitative estimate of drug-likeness (QED) is 0.684. The lowest BCUT2D eigenvalue weighted by molar-refractivity contribution is 0.627. The van der Waals surface area contributed by atoms with Crippen LogP contribution in [0.3, 0.4) is 0 Å². The van der Waals surface area contributed by atoms with Crippen molar-refractivity contribution in [3.63, 3.8) is 0 Å². The third-order valence-electron chi connectivity index (χ3n) is 3.20. The average molecular weight is 309 g/mol. The first-order valence-electron chi connectivity index (χ1n) is 6.08. The molecule has 0 spiro atoms. The number of hydrogen-bond donors (Lipinski definition) is 2. The molecule has 0 amide bonds. The molecule has 0 unspecified atom stereocenters. The number of rotatable bonds is 3. The van der Waals surface area contributed by atoms with Crippen molar-refractivity contribution < 1.29 is 4.39 Å². The van der Waals surface area contributed by atoms with Crippen molar-refractivity contribution in [2.75, 3.05) is 0 Å². The summed E-state index contributed by atoms with van der Waals surface area (Å²) >= 11 is 12.4. The normalized spacial score (nSPS) is 11.2. The van der Waals surface area contributed by atoms with Crippen LogP contribution in [-0.2, 0) is 0 Å². The molecule has 0 atom stereocenters. The lowest BCUT2D eigenvalue weighted by Crippen LogP contribution is -2.06. The fourth-order valence-corrected chi connectivity index (χ4v) is 3.03. The number of H-pyrrole nitrogens is 2. The lowest BCUT2D eigenvalue weighted by atomic mass is 9.92. The second kappa shape index (κ2) is 5.35. The van der Waals surface area contributed by atoms with E-state index in [1.54, 1.807) is 0 Å². The molecule has 3 rings (SSSR count). The summed E-state index contributed by atoms with van der Waals surface area (Å²) in [4.78, 5) is 6.32. The number of aromatic amines is 2. The van der Waals surface area contributed by atoms with Gasteiger partial charge < -0.3 is 9.97 Å². The summed E-state index contributed by atoms with van der Waals surface area (Å²) in [6.07, 6.45) is 3.66. The molecule has 0 fully saturated rings. The molecule has 102 valence electrons. The van der Waals surface area contributed by atoms with Gasteiger partial charge in [-0.25, -0.2) is 4.39 Å². The molecule has 2 aromatic heterocycles. The van der Waals surface area contributed by atoms with E-state index in [2.05, 4.69) is 9.97 Å². The number of halogens is 3. The third kappa shape index (κ3) is 2.35. The first kappa shape index (κ1) is 13.3. The Balaban J connectivity index is 2.21. The van der Waals surface area contributed by atoms with Gasteiger partial charge in [-0.1, -0.05) is 23.2 Å². The molecule has 0 saturated heterocycles. The predicted molar refractivity (Wildman–Crippen MR) is 79.0 cm³/mol. The zero-order valence-corrected chi connectivity index (χ0v) is 11.8. The topological polar surface area (TPSA) is 31.6 Å². The van der Waals surface area contributed by atoms with Crippen LogP contribution in [0.25, 0.3) is 0 Å². The first-order chi connectivity index (χ1) is 9.66. The van der Waals surface area contributed by atoms with E-state index in [4.69, 9.17) is 23.2 Å². The molecule has 0 aliphatic carbocycles. The van der Waals surface area contributed by atoms with Gasteiger partial charge in [0.25, 0.3) is 0 Å². The van der Waals surface area contributed by atoms with E-state index in [0.29, 0.717) is 15.6 Å². The molecule has 2 nitrogen and oxygen atoms in total. The third-order valence-corrected chi connectivity index (χ3v) is 3.82. The number of nitrogens with one attached hydrogen (secondary N) is 2. The minimum Gasteiger partial charge on any atom is -0.364 e. The van der Waals surface area contributed by atoms with E-state index in [-0.39, 0.29) is 5.92 Å². The largest absolute Gasteiger partial charge is 0.364 e. The standard InChI is InChI=1S/C15H11Cl2FN2/c16-10-7-9(18)8-11(17)14(10)15(12-3-1-5-19-12)13-4-2-6-20-13/h1-8,15,19-20H. The lowest BCUT2D eigenvalue weighted by Gasteiger charge is -2.18. The smallest absolute Gasteiger partial charge is 0.126 e. The molecule has 0 aliphatic heterocycles. The molecule has 5 heteroatoms. The second-order valence-electron chi connectivity index (χ2n) is 4.47. The van der Waals surface area contributed by atoms with Gasteiger partial charge >= 0.3 is 0 Å². The summed E-state index contributed by atoms with van der Waals surface area (Å²) in [6.45, 7) is 0. The van der Waals surface area contributed by atoms with Gasteiger partial charge in [0.05, 0.1) is 5.92 Å². The summed E-state index contributed by atoms with van der Waals surface area (Å²) in [5.74, 6) is -0.638. The van der Waals surface area contributed by atoms with Gasteiger partial charge in [-0.3, -0.25) is 0 Å². The van der Waals surface area contributed by atoms with Crippen molar-refractivity contribution in [1.29, 1.82) is 0 Å². The van der Waals surface area contributed by atoms with Crippen molar-refractivity contribution in [3.8, 4) is 0 Å². The second-order valence-corrected chi connectivity index (χ2v) is 5.28. The molecule has 3 aromatic rings. The fraction of sp³-hybridized carbons (Fsp3) is 0.0667. The maximum atomic E-state index is 13.4. The van der Waals surface area contributed by atoms with Crippen LogP contribution in [0.5, 0.6) is 0 Å². The van der Waals surface area contributed by atoms with Crippen molar-refractivity contribution in [3.05, 3.63) is 81.6 Å². The Labute approximate surface area is 125 Å². The molecule has 1 aromatic carbocycles. The van der Waals surface area contributed by atoms with E-state index in [9.17, 15) is 4.39 Å². The SMILES string of the molecule is Fc1cc(Cl)c(C(c2ccc[nH]2)c2ccc[nH]2)c(Cl)c1. The van der Waals surface area contributed by atoms with Gasteiger partial charge in [-0.15, -0.1) is 0 Å². The Morgan fingerprint density at radius 3 is 1.80 bits per heavy atom. The maximum Gasteiger partial charge on any atom is 0.126 e. The van der Waals surface area contributed by atoms with Gasteiger partial charge in [0.2, 0.25) is 0 Å². The first-order valence-corrected chi connectivity index (χ1v) is 6.83. The monoisotopic (exact) mass is 308 g/mol. The highest BCUT2D eigenvalue weighted by molar-refractivity contribution is 6.36. The van der Waals surface area contributed by atoms with Gasteiger partial charge in [0.1, 0.15) is 5.82 Å². The highest BCUT2D eigenvalue weighted by Crippen LogP contribution is 2.39. The predicted octanol–water partition coefficient (Wildman–Crippen LogP) is 4.97. The highest BCUT2D eigenvalue weighted by atomic mass is 35.5. The van der Waals surface area contributed by atoms with Gasteiger partial charge in [-0.05, 0) is 36.4 Å². The summed E-state index contributed by atoms with van der Waals surface area (Å²) in [6, 6.07) is 10.2. The summed E-state index contributed by atoms with van der Waals surface area (Å²) in [7, 11) is 0. The molecule has 20 heavy (non-hydrogen) atoms. The van der Waals surface area contributed by atoms with E-state index >= 15 is 0 Å². The molecule has 0 aliphatic rings. The molecular formula is C15H11Cl2FN2. The van der Waals surface area contributed by atoms with Crippen molar-refractivity contribution in [2.45, 2.75) is 5.92 Å². The van der Waals surface area contributed by atoms with Crippen molar-refractivity contribution in [1.82, 2.24) is 9.97 Å².